The summed E-state index contributed by atoms with van der Waals surface area (Å²) in [5.41, 5.74) is 7.97. The van der Waals surface area contributed by atoms with Crippen molar-refractivity contribution in [3.8, 4) is 0 Å². The van der Waals surface area contributed by atoms with Crippen molar-refractivity contribution in [2.45, 2.75) is 17.7 Å². The fraction of sp³-hybridized carbons (Fsp3) is 0.250. The maximum atomic E-state index is 9.25. The highest BCUT2D eigenvalue weighted by Gasteiger charge is 2.54. The topological polar surface area (TPSA) is 58.8 Å². The smallest absolute Gasteiger partial charge is 0.113 e. The van der Waals surface area contributed by atoms with Gasteiger partial charge in [0.15, 0.2) is 0 Å². The van der Waals surface area contributed by atoms with Gasteiger partial charge in [0.25, 0.3) is 0 Å². The Kier molecular flexibility index (Phi) is 3.11. The summed E-state index contributed by atoms with van der Waals surface area (Å²) in [6.07, 6.45) is -0.354. The van der Waals surface area contributed by atoms with Crippen LogP contribution in [0.15, 0.2) is 60.7 Å². The van der Waals surface area contributed by atoms with E-state index in [1.807, 2.05) is 60.7 Å². The van der Waals surface area contributed by atoms with E-state index in [1.165, 1.54) is 0 Å². The Morgan fingerprint density at radius 3 is 1.79 bits per heavy atom. The molecule has 3 N–H and O–H groups in total. The Morgan fingerprint density at radius 1 is 0.947 bits per heavy atom. The largest absolute Gasteiger partial charge is 0.394 e. The quantitative estimate of drug-likeness (QED) is 0.817. The number of hydrogen-bond acceptors (Lipinski definition) is 3. The Hall–Kier alpha value is -1.68. The van der Waals surface area contributed by atoms with E-state index in [-0.39, 0.29) is 18.8 Å². The molecule has 0 bridgehead atoms. The van der Waals surface area contributed by atoms with Gasteiger partial charge in [-0.15, -0.1) is 0 Å². The van der Waals surface area contributed by atoms with Crippen LogP contribution in [0.2, 0.25) is 0 Å². The number of epoxide rings is 1. The van der Waals surface area contributed by atoms with Crippen molar-refractivity contribution in [1.29, 1.82) is 0 Å². The second-order valence-corrected chi connectivity index (χ2v) is 4.88. The van der Waals surface area contributed by atoms with Gasteiger partial charge in [-0.2, -0.15) is 0 Å². The second kappa shape index (κ2) is 4.78. The number of hydrogen-bond donors (Lipinski definition) is 2. The van der Waals surface area contributed by atoms with Crippen molar-refractivity contribution in [3.05, 3.63) is 71.8 Å². The van der Waals surface area contributed by atoms with Gasteiger partial charge in [0.1, 0.15) is 12.2 Å². The number of rotatable bonds is 4. The first-order valence-electron chi connectivity index (χ1n) is 6.43. The first-order valence-corrected chi connectivity index (χ1v) is 6.43. The molecule has 0 saturated carbocycles. The minimum atomic E-state index is -0.712. The predicted octanol–water partition coefficient (Wildman–Crippen LogP) is 1.65. The van der Waals surface area contributed by atoms with Gasteiger partial charge < -0.3 is 15.6 Å². The van der Waals surface area contributed by atoms with Crippen LogP contribution in [0.4, 0.5) is 0 Å². The van der Waals surface area contributed by atoms with E-state index in [0.717, 1.165) is 11.1 Å². The van der Waals surface area contributed by atoms with E-state index < -0.39 is 5.54 Å². The monoisotopic (exact) mass is 255 g/mol. The fourth-order valence-electron chi connectivity index (χ4n) is 2.61. The minimum absolute atomic E-state index is 0.00326. The van der Waals surface area contributed by atoms with Gasteiger partial charge in [0.05, 0.1) is 12.1 Å². The molecule has 2 atom stereocenters. The van der Waals surface area contributed by atoms with Gasteiger partial charge in [-0.3, -0.25) is 0 Å². The molecule has 3 rings (SSSR count). The summed E-state index contributed by atoms with van der Waals surface area (Å²) in [6, 6.07) is 19.8. The number of aliphatic hydroxyl groups is 1. The van der Waals surface area contributed by atoms with E-state index in [0.29, 0.717) is 0 Å². The average Bonchev–Trinajstić information content (AvgIpc) is 3.28. The molecule has 1 aliphatic rings. The van der Waals surface area contributed by atoms with Crippen LogP contribution in [-0.2, 0) is 10.3 Å². The zero-order valence-electron chi connectivity index (χ0n) is 10.6. The number of benzene rings is 2. The summed E-state index contributed by atoms with van der Waals surface area (Å²) in [5.74, 6) is 0. The van der Waals surface area contributed by atoms with Gasteiger partial charge in [-0.1, -0.05) is 60.7 Å². The molecule has 1 heterocycles. The van der Waals surface area contributed by atoms with Crippen LogP contribution in [-0.4, -0.2) is 23.9 Å². The lowest BCUT2D eigenvalue weighted by molar-refractivity contribution is 0.238. The second-order valence-electron chi connectivity index (χ2n) is 4.88. The summed E-state index contributed by atoms with van der Waals surface area (Å²) < 4.78 is 5.57. The zero-order valence-corrected chi connectivity index (χ0v) is 10.6. The molecule has 0 aromatic heterocycles. The highest BCUT2D eigenvalue weighted by atomic mass is 16.6. The molecular weight excluding hydrogens is 238 g/mol. The minimum Gasteiger partial charge on any atom is -0.394 e. The predicted molar refractivity (Wildman–Crippen MR) is 73.6 cm³/mol. The van der Waals surface area contributed by atoms with Gasteiger partial charge in [0, 0.05) is 0 Å². The third-order valence-electron chi connectivity index (χ3n) is 3.71. The molecule has 98 valence electrons. The van der Waals surface area contributed by atoms with Crippen LogP contribution in [0.3, 0.4) is 0 Å². The molecule has 3 heteroatoms. The maximum Gasteiger partial charge on any atom is 0.113 e. The van der Waals surface area contributed by atoms with Crippen LogP contribution >= 0.6 is 0 Å². The number of ether oxygens (including phenoxy) is 1. The molecule has 2 unspecified atom stereocenters. The van der Waals surface area contributed by atoms with Gasteiger partial charge in [0.2, 0.25) is 0 Å². The molecule has 19 heavy (non-hydrogen) atoms. The van der Waals surface area contributed by atoms with E-state index in [4.69, 9.17) is 10.5 Å². The summed E-state index contributed by atoms with van der Waals surface area (Å²) >= 11 is 0. The van der Waals surface area contributed by atoms with Crippen molar-refractivity contribution in [3.63, 3.8) is 0 Å². The Labute approximate surface area is 112 Å². The van der Waals surface area contributed by atoms with Crippen LogP contribution in [0.5, 0.6) is 0 Å². The van der Waals surface area contributed by atoms with Crippen molar-refractivity contribution < 1.29 is 9.84 Å². The maximum absolute atomic E-state index is 9.25. The molecule has 0 amide bonds. The van der Waals surface area contributed by atoms with E-state index in [2.05, 4.69) is 0 Å². The molecule has 0 aliphatic carbocycles. The van der Waals surface area contributed by atoms with Gasteiger partial charge in [-0.25, -0.2) is 0 Å². The van der Waals surface area contributed by atoms with Crippen molar-refractivity contribution >= 4 is 0 Å². The Balaban J connectivity index is 2.07. The molecule has 3 nitrogen and oxygen atoms in total. The van der Waals surface area contributed by atoms with Crippen LogP contribution in [0.1, 0.15) is 11.1 Å². The normalized spacial score (nSPS) is 22.2. The van der Waals surface area contributed by atoms with Crippen LogP contribution < -0.4 is 5.73 Å². The Morgan fingerprint density at radius 2 is 1.42 bits per heavy atom. The first kappa shape index (κ1) is 12.4. The standard InChI is InChI=1S/C16H17NO2/c17-16(15-14(11-18)19-15,12-7-3-1-4-8-12)13-9-5-2-6-10-13/h1-10,14-15,18H,11,17H2. The average molecular weight is 255 g/mol. The molecule has 2 aromatic rings. The molecule has 1 aliphatic heterocycles. The summed E-state index contributed by atoms with van der Waals surface area (Å²) in [4.78, 5) is 0. The summed E-state index contributed by atoms with van der Waals surface area (Å²) in [5, 5.41) is 9.25. The number of aliphatic hydroxyl groups excluding tert-OH is 1. The number of nitrogens with two attached hydrogens (primary N) is 1. The highest BCUT2D eigenvalue weighted by molar-refractivity contribution is 5.41. The first-order chi connectivity index (χ1) is 9.26. The molecule has 0 radical (unpaired) electrons. The van der Waals surface area contributed by atoms with E-state index in [1.54, 1.807) is 0 Å². The third kappa shape index (κ3) is 2.06. The van der Waals surface area contributed by atoms with Crippen LogP contribution in [0.25, 0.3) is 0 Å². The summed E-state index contributed by atoms with van der Waals surface area (Å²) in [7, 11) is 0. The van der Waals surface area contributed by atoms with Crippen LogP contribution in [0, 0.1) is 0 Å². The van der Waals surface area contributed by atoms with E-state index in [9.17, 15) is 5.11 Å². The highest BCUT2D eigenvalue weighted by Crippen LogP contribution is 2.42. The SMILES string of the molecule is NC(c1ccccc1)(c1ccccc1)C1OC1CO. The molecule has 0 spiro atoms. The lowest BCUT2D eigenvalue weighted by atomic mass is 9.80. The molecule has 1 fully saturated rings. The lowest BCUT2D eigenvalue weighted by Crippen LogP contribution is -2.44. The van der Waals surface area contributed by atoms with Gasteiger partial charge >= 0.3 is 0 Å². The third-order valence-corrected chi connectivity index (χ3v) is 3.71. The molecular formula is C16H17NO2. The van der Waals surface area contributed by atoms with E-state index >= 15 is 0 Å². The van der Waals surface area contributed by atoms with Crippen molar-refractivity contribution in [2.75, 3.05) is 6.61 Å². The zero-order chi connectivity index (χ0) is 13.3. The van der Waals surface area contributed by atoms with Crippen molar-refractivity contribution in [2.24, 2.45) is 5.73 Å². The molecule has 2 aromatic carbocycles. The lowest BCUT2D eigenvalue weighted by Gasteiger charge is -2.29. The Bertz CT molecular complexity index is 502. The summed E-state index contributed by atoms with van der Waals surface area (Å²) in [6.45, 7) is 0.00326. The fourth-order valence-corrected chi connectivity index (χ4v) is 2.61. The van der Waals surface area contributed by atoms with Crippen molar-refractivity contribution in [1.82, 2.24) is 0 Å². The molecule has 1 saturated heterocycles. The van der Waals surface area contributed by atoms with Gasteiger partial charge in [-0.05, 0) is 11.1 Å².